The first-order valence-electron chi connectivity index (χ1n) is 4.42. The molecular formula is C11H7ClN2O2. The zero-order valence-electron chi connectivity index (χ0n) is 8.36. The molecule has 0 amide bonds. The van der Waals surface area contributed by atoms with E-state index < -0.39 is 0 Å². The molecule has 0 unspecified atom stereocenters. The number of methoxy groups -OCH3 is 1. The first-order valence-corrected chi connectivity index (χ1v) is 4.80. The highest BCUT2D eigenvalue weighted by Crippen LogP contribution is 2.34. The van der Waals surface area contributed by atoms with Crippen molar-refractivity contribution in [3.63, 3.8) is 0 Å². The second kappa shape index (κ2) is 3.87. The molecule has 2 aromatic rings. The molecule has 0 atom stereocenters. The monoisotopic (exact) mass is 236 g/mol. The Balaban J connectivity index is 2.83. The van der Waals surface area contributed by atoms with Gasteiger partial charge < -0.3 is 9.84 Å². The minimum absolute atomic E-state index is 0.0109. The fourth-order valence-corrected chi connectivity index (χ4v) is 1.66. The minimum atomic E-state index is -0.0109. The van der Waals surface area contributed by atoms with E-state index in [4.69, 9.17) is 21.6 Å². The molecule has 0 spiro atoms. The van der Waals surface area contributed by atoms with E-state index in [1.807, 2.05) is 6.07 Å². The summed E-state index contributed by atoms with van der Waals surface area (Å²) in [5, 5.41) is 19.2. The Morgan fingerprint density at radius 3 is 2.88 bits per heavy atom. The van der Waals surface area contributed by atoms with Crippen molar-refractivity contribution in [2.24, 2.45) is 0 Å². The zero-order chi connectivity index (χ0) is 11.7. The van der Waals surface area contributed by atoms with E-state index in [0.29, 0.717) is 27.2 Å². The highest BCUT2D eigenvalue weighted by molar-refractivity contribution is 6.36. The Hall–Kier alpha value is -1.99. The highest BCUT2D eigenvalue weighted by atomic mass is 35.5. The number of nitrogens with zero attached hydrogens (tertiary/aromatic N) is 2. The minimum Gasteiger partial charge on any atom is -0.504 e. The summed E-state index contributed by atoms with van der Waals surface area (Å²) in [5.74, 6) is 0.287. The predicted molar refractivity (Wildman–Crippen MR) is 59.7 cm³/mol. The quantitative estimate of drug-likeness (QED) is 0.826. The number of fused-ring (bicyclic) bond motifs is 1. The van der Waals surface area contributed by atoms with Crippen LogP contribution >= 0.6 is 11.6 Å². The van der Waals surface area contributed by atoms with E-state index in [1.54, 1.807) is 6.07 Å². The number of aromatic nitrogens is 1. The van der Waals surface area contributed by atoms with E-state index >= 15 is 0 Å². The Labute approximate surface area is 96.7 Å². The van der Waals surface area contributed by atoms with Crippen LogP contribution in [0.1, 0.15) is 5.56 Å². The molecule has 0 fully saturated rings. The molecule has 2 rings (SSSR count). The number of hydrogen-bond acceptors (Lipinski definition) is 4. The van der Waals surface area contributed by atoms with Crippen molar-refractivity contribution < 1.29 is 9.84 Å². The van der Waals surface area contributed by atoms with Crippen molar-refractivity contribution in [2.75, 3.05) is 7.11 Å². The van der Waals surface area contributed by atoms with Crippen LogP contribution in [0.2, 0.25) is 5.02 Å². The molecule has 0 aliphatic rings. The van der Waals surface area contributed by atoms with Crippen LogP contribution in [0, 0.1) is 11.3 Å². The Kier molecular flexibility index (Phi) is 2.55. The number of nitriles is 1. The first-order chi connectivity index (χ1) is 7.67. The third-order valence-corrected chi connectivity index (χ3v) is 2.63. The van der Waals surface area contributed by atoms with Gasteiger partial charge >= 0.3 is 0 Å². The van der Waals surface area contributed by atoms with Crippen LogP contribution in [-0.4, -0.2) is 17.2 Å². The SMILES string of the molecule is COc1cc2c(Cl)c([14C]#N)cnc2cc1O. The lowest BCUT2D eigenvalue weighted by Crippen LogP contribution is -1.88. The lowest BCUT2D eigenvalue weighted by Gasteiger charge is -2.06. The van der Waals surface area contributed by atoms with Crippen molar-refractivity contribution in [1.29, 1.82) is 5.26 Å². The van der Waals surface area contributed by atoms with Crippen LogP contribution < -0.4 is 4.74 Å². The molecular weight excluding hydrogens is 230 g/mol. The van der Waals surface area contributed by atoms with Gasteiger partial charge in [0, 0.05) is 17.6 Å². The number of aromatic hydroxyl groups is 1. The fourth-order valence-electron chi connectivity index (χ4n) is 1.42. The smallest absolute Gasteiger partial charge is 0.161 e. The first kappa shape index (κ1) is 10.5. The van der Waals surface area contributed by atoms with Crippen LogP contribution in [0.4, 0.5) is 0 Å². The number of benzene rings is 1. The molecule has 0 aliphatic heterocycles. The number of halogens is 1. The zero-order valence-corrected chi connectivity index (χ0v) is 9.12. The molecule has 1 heterocycles. The third kappa shape index (κ3) is 1.51. The second-order valence-corrected chi connectivity index (χ2v) is 3.52. The van der Waals surface area contributed by atoms with Crippen molar-refractivity contribution in [2.45, 2.75) is 0 Å². The van der Waals surface area contributed by atoms with Crippen molar-refractivity contribution in [3.05, 3.63) is 28.9 Å². The van der Waals surface area contributed by atoms with Gasteiger partial charge in [0.2, 0.25) is 0 Å². The number of phenolic OH excluding ortho intramolecular Hbond substituents is 1. The Morgan fingerprint density at radius 1 is 1.50 bits per heavy atom. The molecule has 1 aromatic heterocycles. The van der Waals surface area contributed by atoms with E-state index in [9.17, 15) is 5.11 Å². The van der Waals surface area contributed by atoms with Gasteiger partial charge in [0.15, 0.2) is 11.5 Å². The maximum absolute atomic E-state index is 9.55. The molecule has 5 heteroatoms. The van der Waals surface area contributed by atoms with Crippen LogP contribution in [0.3, 0.4) is 0 Å². The third-order valence-electron chi connectivity index (χ3n) is 2.22. The summed E-state index contributed by atoms with van der Waals surface area (Å²) in [7, 11) is 1.44. The van der Waals surface area contributed by atoms with Gasteiger partial charge in [-0.25, -0.2) is 0 Å². The molecule has 16 heavy (non-hydrogen) atoms. The van der Waals surface area contributed by atoms with Gasteiger partial charge in [0.25, 0.3) is 0 Å². The number of phenols is 1. The summed E-state index contributed by atoms with van der Waals surface area (Å²) in [6, 6.07) is 4.94. The fraction of sp³-hybridized carbons (Fsp3) is 0.0909. The van der Waals surface area contributed by atoms with Gasteiger partial charge in [-0.2, -0.15) is 5.26 Å². The number of ether oxygens (including phenoxy) is 1. The molecule has 0 bridgehead atoms. The van der Waals surface area contributed by atoms with Gasteiger partial charge in [0.05, 0.1) is 23.2 Å². The Morgan fingerprint density at radius 2 is 2.25 bits per heavy atom. The average molecular weight is 237 g/mol. The van der Waals surface area contributed by atoms with Gasteiger partial charge in [-0.15, -0.1) is 0 Å². The molecule has 4 nitrogen and oxygen atoms in total. The molecule has 1 N–H and O–H groups in total. The summed E-state index contributed by atoms with van der Waals surface area (Å²) in [4.78, 5) is 4.03. The molecule has 0 saturated carbocycles. The average Bonchev–Trinajstić information content (AvgIpc) is 2.29. The number of pyridine rings is 1. The van der Waals surface area contributed by atoms with E-state index in [1.165, 1.54) is 19.4 Å². The molecule has 0 radical (unpaired) electrons. The largest absolute Gasteiger partial charge is 0.504 e. The van der Waals surface area contributed by atoms with Gasteiger partial charge in [-0.3, -0.25) is 4.98 Å². The lowest BCUT2D eigenvalue weighted by molar-refractivity contribution is 0.374. The summed E-state index contributed by atoms with van der Waals surface area (Å²) < 4.78 is 4.96. The topological polar surface area (TPSA) is 66.1 Å². The summed E-state index contributed by atoms with van der Waals surface area (Å²) in [6.45, 7) is 0. The molecule has 1 aromatic carbocycles. The van der Waals surface area contributed by atoms with Gasteiger partial charge in [-0.1, -0.05) is 11.6 Å². The van der Waals surface area contributed by atoms with Crippen molar-refractivity contribution >= 4 is 22.5 Å². The summed E-state index contributed by atoms with van der Waals surface area (Å²) >= 11 is 6.02. The number of hydrogen-bond donors (Lipinski definition) is 1. The van der Waals surface area contributed by atoms with Crippen molar-refractivity contribution in [1.82, 2.24) is 4.98 Å². The van der Waals surface area contributed by atoms with Crippen molar-refractivity contribution in [3.8, 4) is 17.6 Å². The van der Waals surface area contributed by atoms with Gasteiger partial charge in [0.1, 0.15) is 6.07 Å². The summed E-state index contributed by atoms with van der Waals surface area (Å²) in [6.07, 6.45) is 1.37. The maximum atomic E-state index is 9.55. The standard InChI is InChI=1S/C11H7ClN2O2/c1-16-10-2-7-8(3-9(10)15)14-5-6(4-13)11(7)12/h2-3,5,15H,1H3/i4+2. The predicted octanol–water partition coefficient (Wildman–Crippen LogP) is 2.47. The molecule has 0 aliphatic carbocycles. The summed E-state index contributed by atoms with van der Waals surface area (Å²) in [5.41, 5.74) is 0.809. The molecule has 80 valence electrons. The van der Waals surface area contributed by atoms with Crippen LogP contribution in [0.15, 0.2) is 18.3 Å². The number of rotatable bonds is 1. The van der Waals surface area contributed by atoms with E-state index in [2.05, 4.69) is 4.98 Å². The lowest BCUT2D eigenvalue weighted by atomic mass is 10.2. The second-order valence-electron chi connectivity index (χ2n) is 3.14. The van der Waals surface area contributed by atoms with Crippen LogP contribution in [-0.2, 0) is 0 Å². The van der Waals surface area contributed by atoms with Crippen LogP contribution in [0.5, 0.6) is 11.5 Å². The van der Waals surface area contributed by atoms with E-state index in [-0.39, 0.29) is 5.75 Å². The highest BCUT2D eigenvalue weighted by Gasteiger charge is 2.10. The molecule has 0 saturated heterocycles. The Bertz CT molecular complexity index is 605. The van der Waals surface area contributed by atoms with Crippen LogP contribution in [0.25, 0.3) is 10.9 Å². The normalized spacial score (nSPS) is 10.1. The maximum Gasteiger partial charge on any atom is 0.161 e. The van der Waals surface area contributed by atoms with Gasteiger partial charge in [-0.05, 0) is 6.07 Å². The van der Waals surface area contributed by atoms with E-state index in [0.717, 1.165) is 0 Å².